The van der Waals surface area contributed by atoms with Crippen LogP contribution >= 0.6 is 23.4 Å². The van der Waals surface area contributed by atoms with Crippen LogP contribution in [0.3, 0.4) is 0 Å². The van der Waals surface area contributed by atoms with Crippen molar-refractivity contribution in [3.05, 3.63) is 50.9 Å². The van der Waals surface area contributed by atoms with Crippen molar-refractivity contribution in [2.24, 2.45) is 0 Å². The van der Waals surface area contributed by atoms with Crippen LogP contribution in [-0.2, 0) is 22.2 Å². The maximum Gasteiger partial charge on any atom is 0.417 e. The number of amides is 1. The number of benzene rings is 2. The molecule has 0 spiro atoms. The van der Waals surface area contributed by atoms with Crippen molar-refractivity contribution in [1.29, 1.82) is 0 Å². The fourth-order valence-corrected chi connectivity index (χ4v) is 6.95. The summed E-state index contributed by atoms with van der Waals surface area (Å²) in [6, 6.07) is 1.65. The third kappa shape index (κ3) is 6.08. The number of halogens is 6. The molecule has 8 nitrogen and oxygen atoms in total. The Bertz CT molecular complexity index is 1690. The molecule has 0 aliphatic carbocycles. The van der Waals surface area contributed by atoms with Crippen molar-refractivity contribution < 1.29 is 36.2 Å². The first-order chi connectivity index (χ1) is 20.5. The Kier molecular flexibility index (Phi) is 8.57. The second-order valence-electron chi connectivity index (χ2n) is 11.7. The number of nitrogens with zero attached hydrogens (tertiary/aromatic N) is 4. The third-order valence-corrected chi connectivity index (χ3v) is 8.98. The highest BCUT2D eigenvalue weighted by atomic mass is 35.5. The van der Waals surface area contributed by atoms with Gasteiger partial charge in [-0.15, -0.1) is 11.8 Å². The van der Waals surface area contributed by atoms with Crippen molar-refractivity contribution in [2.75, 3.05) is 37.4 Å². The zero-order valence-corrected chi connectivity index (χ0v) is 26.1. The van der Waals surface area contributed by atoms with Gasteiger partial charge in [0.05, 0.1) is 28.8 Å². The van der Waals surface area contributed by atoms with E-state index in [0.717, 1.165) is 23.9 Å². The average Bonchev–Trinajstić information content (AvgIpc) is 3.12. The van der Waals surface area contributed by atoms with E-state index in [2.05, 4.69) is 4.98 Å². The number of carbonyl (C=O) groups is 1. The molecule has 15 heteroatoms. The van der Waals surface area contributed by atoms with Crippen LogP contribution in [0.5, 0.6) is 0 Å². The largest absolute Gasteiger partial charge is 0.444 e. The van der Waals surface area contributed by atoms with Gasteiger partial charge in [-0.3, -0.25) is 4.57 Å². The Morgan fingerprint density at radius 3 is 2.41 bits per heavy atom. The van der Waals surface area contributed by atoms with Gasteiger partial charge in [0.2, 0.25) is 0 Å². The number of alkyl halides is 3. The molecule has 1 amide bonds. The van der Waals surface area contributed by atoms with Crippen LogP contribution in [0.15, 0.2) is 27.9 Å². The number of thioether (sulfide) groups is 1. The molecule has 2 unspecified atom stereocenters. The van der Waals surface area contributed by atoms with E-state index >= 15 is 4.39 Å². The molecule has 0 saturated carbocycles. The van der Waals surface area contributed by atoms with Crippen LogP contribution < -0.4 is 10.6 Å². The minimum Gasteiger partial charge on any atom is -0.444 e. The predicted octanol–water partition coefficient (Wildman–Crippen LogP) is 6.58. The smallest absolute Gasteiger partial charge is 0.417 e. The maximum atomic E-state index is 15.2. The van der Waals surface area contributed by atoms with Gasteiger partial charge in [-0.25, -0.2) is 18.4 Å². The van der Waals surface area contributed by atoms with Gasteiger partial charge in [0.1, 0.15) is 23.1 Å². The van der Waals surface area contributed by atoms with E-state index in [1.165, 1.54) is 16.6 Å². The Labute approximate surface area is 259 Å². The molecule has 2 aliphatic heterocycles. The number of rotatable bonds is 3. The Morgan fingerprint density at radius 2 is 1.80 bits per heavy atom. The van der Waals surface area contributed by atoms with Gasteiger partial charge >= 0.3 is 18.0 Å². The van der Waals surface area contributed by atoms with E-state index in [9.17, 15) is 27.2 Å². The quantitative estimate of drug-likeness (QED) is 0.232. The maximum absolute atomic E-state index is 15.2. The molecule has 5 rings (SSSR count). The van der Waals surface area contributed by atoms with Crippen molar-refractivity contribution in [1.82, 2.24) is 14.5 Å². The summed E-state index contributed by atoms with van der Waals surface area (Å²) in [5, 5.41) is -0.536. The lowest BCUT2D eigenvalue weighted by Crippen LogP contribution is -2.55. The minimum atomic E-state index is -4.99. The highest BCUT2D eigenvalue weighted by Gasteiger charge is 2.40. The molecule has 1 saturated heterocycles. The molecule has 238 valence electrons. The molecule has 2 aliphatic rings. The fourth-order valence-electron chi connectivity index (χ4n) is 5.47. The first-order valence-electron chi connectivity index (χ1n) is 13.7. The van der Waals surface area contributed by atoms with Crippen LogP contribution in [0.4, 0.5) is 32.6 Å². The van der Waals surface area contributed by atoms with Crippen LogP contribution in [0.25, 0.3) is 22.0 Å². The molecule has 0 bridgehead atoms. The summed E-state index contributed by atoms with van der Waals surface area (Å²) in [6.07, 6.45) is -6.10. The summed E-state index contributed by atoms with van der Waals surface area (Å²) in [5.41, 5.74) is -3.64. The van der Waals surface area contributed by atoms with Gasteiger partial charge in [0.25, 0.3) is 0 Å². The molecule has 44 heavy (non-hydrogen) atoms. The number of ether oxygens (including phenoxy) is 2. The molecular weight excluding hydrogens is 631 g/mol. The van der Waals surface area contributed by atoms with Crippen LogP contribution in [-0.4, -0.2) is 70.8 Å². The summed E-state index contributed by atoms with van der Waals surface area (Å²) in [6.45, 7) is 7.46. The summed E-state index contributed by atoms with van der Waals surface area (Å²) >= 11 is 6.89. The molecule has 3 heterocycles. The SMILES string of the molecule is COC1CSc2c(-c3cc(Cl)c(F)cc3F)c(C(F)(F)F)cc3c(N4CCN(C(=O)OC(C)(C)C)CC4C)nc(=O)n(c23)C1. The Morgan fingerprint density at radius 1 is 1.09 bits per heavy atom. The second-order valence-corrected chi connectivity index (χ2v) is 13.2. The molecule has 2 aromatic carbocycles. The number of hydrogen-bond acceptors (Lipinski definition) is 7. The predicted molar refractivity (Wildman–Crippen MR) is 158 cm³/mol. The fraction of sp³-hybridized carbons (Fsp3) is 0.483. The standard InChI is InChI=1S/C29H30ClF5N4O4S/c1-14-11-37(27(41)43-28(2,3)4)6-7-38(14)25-17-8-18(29(33,34)35)22(16-9-19(30)21(32)10-20(16)31)24-23(17)39(26(40)36-25)12-15(42-5)13-44-24/h8-10,14-15H,6-7,11-13H2,1-5H3. The van der Waals surface area contributed by atoms with E-state index in [1.807, 2.05) is 0 Å². The molecule has 1 fully saturated rings. The van der Waals surface area contributed by atoms with E-state index < -0.39 is 69.1 Å². The highest BCUT2D eigenvalue weighted by molar-refractivity contribution is 7.99. The number of aromatic nitrogens is 2. The van der Waals surface area contributed by atoms with Gasteiger partial charge in [-0.05, 0) is 39.8 Å². The molecule has 2 atom stereocenters. The zero-order valence-electron chi connectivity index (χ0n) is 24.5. The summed E-state index contributed by atoms with van der Waals surface area (Å²) in [7, 11) is 1.42. The first kappa shape index (κ1) is 32.3. The van der Waals surface area contributed by atoms with Gasteiger partial charge in [0.15, 0.2) is 0 Å². The van der Waals surface area contributed by atoms with Crippen LogP contribution in [0.1, 0.15) is 33.3 Å². The topological polar surface area (TPSA) is 76.9 Å². The molecular formula is C29H30ClF5N4O4S. The minimum absolute atomic E-state index is 0.00460. The first-order valence-corrected chi connectivity index (χ1v) is 15.1. The van der Waals surface area contributed by atoms with Crippen molar-refractivity contribution in [3.63, 3.8) is 0 Å². The van der Waals surface area contributed by atoms with Gasteiger partial charge in [-0.1, -0.05) is 11.6 Å². The zero-order chi connectivity index (χ0) is 32.3. The average molecular weight is 661 g/mol. The number of anilines is 1. The Hall–Kier alpha value is -3.10. The van der Waals surface area contributed by atoms with Gasteiger partial charge in [0, 0.05) is 66.0 Å². The lowest BCUT2D eigenvalue weighted by Gasteiger charge is -2.41. The van der Waals surface area contributed by atoms with Crippen molar-refractivity contribution in [2.45, 2.75) is 63.1 Å². The highest BCUT2D eigenvalue weighted by Crippen LogP contribution is 2.49. The van der Waals surface area contributed by atoms with Crippen molar-refractivity contribution >= 4 is 46.2 Å². The Balaban J connectivity index is 1.76. The molecule has 0 radical (unpaired) electrons. The monoisotopic (exact) mass is 660 g/mol. The normalized spacial score (nSPS) is 19.3. The number of carbonyl (C=O) groups excluding carboxylic acids is 1. The number of methoxy groups -OCH3 is 1. The summed E-state index contributed by atoms with van der Waals surface area (Å²) < 4.78 is 86.0. The molecule has 1 aromatic heterocycles. The van der Waals surface area contributed by atoms with Crippen molar-refractivity contribution in [3.8, 4) is 11.1 Å². The number of piperazine rings is 1. The molecule has 0 N–H and O–H groups in total. The van der Waals surface area contributed by atoms with E-state index in [-0.39, 0.29) is 53.5 Å². The summed E-state index contributed by atoms with van der Waals surface area (Å²) in [5.74, 6) is -2.22. The summed E-state index contributed by atoms with van der Waals surface area (Å²) in [4.78, 5) is 33.7. The third-order valence-electron chi connectivity index (χ3n) is 7.47. The molecule has 3 aromatic rings. The lowest BCUT2D eigenvalue weighted by atomic mass is 9.95. The van der Waals surface area contributed by atoms with E-state index in [4.69, 9.17) is 21.1 Å². The number of hydrogen-bond donors (Lipinski definition) is 0. The van der Waals surface area contributed by atoms with Gasteiger partial charge < -0.3 is 19.3 Å². The van der Waals surface area contributed by atoms with E-state index in [0.29, 0.717) is 6.07 Å². The van der Waals surface area contributed by atoms with Crippen LogP contribution in [0, 0.1) is 11.6 Å². The van der Waals surface area contributed by atoms with E-state index in [1.54, 1.807) is 32.6 Å². The van der Waals surface area contributed by atoms with Crippen LogP contribution in [0.2, 0.25) is 5.02 Å². The lowest BCUT2D eigenvalue weighted by molar-refractivity contribution is -0.137. The second kappa shape index (κ2) is 11.7. The van der Waals surface area contributed by atoms with Gasteiger partial charge in [-0.2, -0.15) is 18.2 Å².